The van der Waals surface area contributed by atoms with Crippen LogP contribution in [0.4, 0.5) is 11.4 Å². The number of anilines is 2. The molecule has 8 heteroatoms. The number of carboxylic acid groups (broad SMARTS) is 1. The van der Waals surface area contributed by atoms with E-state index in [-0.39, 0.29) is 17.3 Å². The number of nitrogens with one attached hydrogen (secondary N) is 2. The number of carboxylic acids is 1. The van der Waals surface area contributed by atoms with Crippen LogP contribution in [0.2, 0.25) is 0 Å². The minimum absolute atomic E-state index is 0.0488. The Morgan fingerprint density at radius 3 is 2.48 bits per heavy atom. The number of nitrogens with zero attached hydrogens (tertiary/aromatic N) is 1. The third-order valence-electron chi connectivity index (χ3n) is 4.10. The fourth-order valence-electron chi connectivity index (χ4n) is 2.76. The molecule has 0 aliphatic heterocycles. The lowest BCUT2D eigenvalue weighted by atomic mass is 9.92. The summed E-state index contributed by atoms with van der Waals surface area (Å²) in [6, 6.07) is 4.41. The number of aliphatic hydroxyl groups is 1. The Labute approximate surface area is 131 Å². The molecule has 1 fully saturated rings. The number of benzene rings is 1. The van der Waals surface area contributed by atoms with Crippen molar-refractivity contribution >= 4 is 17.3 Å². The molecule has 3 rings (SSSR count). The van der Waals surface area contributed by atoms with Crippen LogP contribution < -0.4 is 21.9 Å². The monoisotopic (exact) mass is 319 g/mol. The van der Waals surface area contributed by atoms with E-state index < -0.39 is 23.2 Å². The van der Waals surface area contributed by atoms with Crippen molar-refractivity contribution in [3.8, 4) is 0 Å². The first kappa shape index (κ1) is 15.3. The number of rotatable bonds is 5. The van der Waals surface area contributed by atoms with Crippen molar-refractivity contribution in [3.63, 3.8) is 0 Å². The summed E-state index contributed by atoms with van der Waals surface area (Å²) in [6.07, 6.45) is 3.11. The average molecular weight is 319 g/mol. The van der Waals surface area contributed by atoms with E-state index in [1.165, 1.54) is 12.1 Å². The molecule has 1 aliphatic rings. The third kappa shape index (κ3) is 3.11. The van der Waals surface area contributed by atoms with Gasteiger partial charge in [0.05, 0.1) is 23.4 Å². The first-order valence-electron chi connectivity index (χ1n) is 7.44. The van der Waals surface area contributed by atoms with E-state index in [1.807, 2.05) is 0 Å². The fourth-order valence-corrected chi connectivity index (χ4v) is 2.76. The summed E-state index contributed by atoms with van der Waals surface area (Å²) in [5, 5.41) is 22.4. The van der Waals surface area contributed by atoms with E-state index in [1.54, 1.807) is 6.07 Å². The molecule has 0 amide bonds. The van der Waals surface area contributed by atoms with Gasteiger partial charge in [-0.3, -0.25) is 15.0 Å². The number of carbonyl (C=O) groups is 1. The van der Waals surface area contributed by atoms with Crippen molar-refractivity contribution in [1.29, 1.82) is 0 Å². The maximum absolute atomic E-state index is 11.3. The Hall–Kier alpha value is -2.61. The molecule has 8 nitrogen and oxygen atoms in total. The minimum Gasteiger partial charge on any atom is -0.478 e. The van der Waals surface area contributed by atoms with Gasteiger partial charge in [0.1, 0.15) is 0 Å². The third-order valence-corrected chi connectivity index (χ3v) is 4.10. The lowest BCUT2D eigenvalue weighted by Gasteiger charge is -2.29. The molecule has 1 aliphatic carbocycles. The van der Waals surface area contributed by atoms with Crippen molar-refractivity contribution in [3.05, 3.63) is 44.5 Å². The summed E-state index contributed by atoms with van der Waals surface area (Å²) in [4.78, 5) is 33.4. The average Bonchev–Trinajstić information content (AvgIpc) is 3.08. The highest BCUT2D eigenvalue weighted by molar-refractivity contribution is 5.95. The van der Waals surface area contributed by atoms with Crippen LogP contribution in [0.5, 0.6) is 0 Å². The first-order chi connectivity index (χ1) is 11.0. The largest absolute Gasteiger partial charge is 0.478 e. The van der Waals surface area contributed by atoms with Crippen molar-refractivity contribution in [1.82, 2.24) is 4.68 Å². The molecule has 1 heterocycles. The molecular formula is C15H17N3O5. The standard InChI is InChI=1S/C15H17N3O5/c19-12-4-2-1-3-10(12)16-8-5-6-9(15(22)23)11(7-8)17-18-13(20)14(18)21/h5-7,10,12,16-17,19H,1-4H2,(H,22,23). The van der Waals surface area contributed by atoms with Gasteiger partial charge in [0.15, 0.2) is 0 Å². The summed E-state index contributed by atoms with van der Waals surface area (Å²) in [5.74, 6) is -1.17. The van der Waals surface area contributed by atoms with Gasteiger partial charge in [-0.1, -0.05) is 12.8 Å². The Kier molecular flexibility index (Phi) is 3.91. The highest BCUT2D eigenvalue weighted by Gasteiger charge is 2.24. The van der Waals surface area contributed by atoms with Crippen LogP contribution in [0.25, 0.3) is 0 Å². The number of hydrogen-bond donors (Lipinski definition) is 4. The zero-order valence-corrected chi connectivity index (χ0v) is 12.3. The van der Waals surface area contributed by atoms with Gasteiger partial charge >= 0.3 is 17.1 Å². The van der Waals surface area contributed by atoms with Crippen LogP contribution in [0, 0.1) is 0 Å². The van der Waals surface area contributed by atoms with E-state index in [9.17, 15) is 24.6 Å². The summed E-state index contributed by atoms with van der Waals surface area (Å²) in [6.45, 7) is 0. The molecule has 2 unspecified atom stereocenters. The Morgan fingerprint density at radius 2 is 1.87 bits per heavy atom. The topological polar surface area (TPSA) is 121 Å². The van der Waals surface area contributed by atoms with Crippen LogP contribution in [-0.2, 0) is 0 Å². The van der Waals surface area contributed by atoms with Gasteiger partial charge in [-0.15, -0.1) is 0 Å². The summed E-state index contributed by atoms with van der Waals surface area (Å²) < 4.78 is 0.751. The fraction of sp³-hybridized carbons (Fsp3) is 0.400. The molecular weight excluding hydrogens is 302 g/mol. The van der Waals surface area contributed by atoms with Gasteiger partial charge in [0, 0.05) is 5.69 Å². The molecule has 1 aromatic carbocycles. The van der Waals surface area contributed by atoms with Gasteiger partial charge in [-0.25, -0.2) is 4.79 Å². The van der Waals surface area contributed by atoms with Crippen LogP contribution in [0.3, 0.4) is 0 Å². The van der Waals surface area contributed by atoms with Crippen molar-refractivity contribution in [2.45, 2.75) is 37.8 Å². The maximum atomic E-state index is 11.3. The SMILES string of the molecule is O=C(O)c1ccc(NC2CCCCC2O)cc1Nn1c(=O)c1=O. The van der Waals surface area contributed by atoms with Crippen molar-refractivity contribution in [2.24, 2.45) is 0 Å². The van der Waals surface area contributed by atoms with Crippen molar-refractivity contribution < 1.29 is 15.0 Å². The normalized spacial score (nSPS) is 21.3. The first-order valence-corrected chi connectivity index (χ1v) is 7.44. The smallest absolute Gasteiger partial charge is 0.340 e. The second-order valence-electron chi connectivity index (χ2n) is 5.73. The summed E-state index contributed by atoms with van der Waals surface area (Å²) in [5.41, 5.74) is 1.81. The lowest BCUT2D eigenvalue weighted by Crippen LogP contribution is -2.36. The second-order valence-corrected chi connectivity index (χ2v) is 5.73. The van der Waals surface area contributed by atoms with Gasteiger partial charge in [0.25, 0.3) is 0 Å². The quantitative estimate of drug-likeness (QED) is 0.588. The molecule has 2 aromatic rings. The van der Waals surface area contributed by atoms with Gasteiger partial charge < -0.3 is 15.5 Å². The van der Waals surface area contributed by atoms with Gasteiger partial charge in [-0.2, -0.15) is 4.68 Å². The van der Waals surface area contributed by atoms with Gasteiger partial charge in [0.2, 0.25) is 0 Å². The van der Waals surface area contributed by atoms with Crippen LogP contribution in [-0.4, -0.2) is 33.0 Å². The molecule has 2 atom stereocenters. The van der Waals surface area contributed by atoms with Gasteiger partial charge in [-0.05, 0) is 31.0 Å². The molecule has 0 bridgehead atoms. The molecule has 1 saturated carbocycles. The van der Waals surface area contributed by atoms with E-state index in [0.29, 0.717) is 5.69 Å². The molecule has 0 saturated heterocycles. The molecule has 122 valence electrons. The Morgan fingerprint density at radius 1 is 1.17 bits per heavy atom. The summed E-state index contributed by atoms with van der Waals surface area (Å²) in [7, 11) is 0. The molecule has 23 heavy (non-hydrogen) atoms. The van der Waals surface area contributed by atoms with Crippen LogP contribution >= 0.6 is 0 Å². The van der Waals surface area contributed by atoms with Crippen LogP contribution in [0.15, 0.2) is 27.8 Å². The zero-order chi connectivity index (χ0) is 16.6. The predicted octanol–water partition coefficient (Wildman–Crippen LogP) is 0.373. The minimum atomic E-state index is -1.17. The molecule has 0 spiro atoms. The summed E-state index contributed by atoms with van der Waals surface area (Å²) >= 11 is 0. The second kappa shape index (κ2) is 5.88. The molecule has 0 radical (unpaired) electrons. The number of aromatic carboxylic acids is 1. The number of aliphatic hydroxyl groups excluding tert-OH is 1. The number of aromatic nitrogens is 1. The van der Waals surface area contributed by atoms with Crippen LogP contribution in [0.1, 0.15) is 36.0 Å². The van der Waals surface area contributed by atoms with E-state index in [0.717, 1.165) is 30.4 Å². The highest BCUT2D eigenvalue weighted by atomic mass is 16.4. The highest BCUT2D eigenvalue weighted by Crippen LogP contribution is 2.26. The Bertz CT molecular complexity index is 780. The molecule has 4 N–H and O–H groups in total. The van der Waals surface area contributed by atoms with E-state index >= 15 is 0 Å². The zero-order valence-electron chi connectivity index (χ0n) is 12.3. The van der Waals surface area contributed by atoms with E-state index in [2.05, 4.69) is 10.7 Å². The predicted molar refractivity (Wildman–Crippen MR) is 83.7 cm³/mol. The van der Waals surface area contributed by atoms with E-state index in [4.69, 9.17) is 0 Å². The Balaban J connectivity index is 1.84. The lowest BCUT2D eigenvalue weighted by molar-refractivity contribution is 0.0698. The number of hydrogen-bond acceptors (Lipinski definition) is 6. The molecule has 1 aromatic heterocycles. The van der Waals surface area contributed by atoms with Crippen molar-refractivity contribution in [2.75, 3.05) is 10.7 Å². The maximum Gasteiger partial charge on any atom is 0.340 e.